The van der Waals surface area contributed by atoms with Gasteiger partial charge in [-0.1, -0.05) is 27.4 Å². The number of hydrogen-bond donors (Lipinski definition) is 0. The molecule has 0 aliphatic heterocycles. The van der Waals surface area contributed by atoms with Crippen LogP contribution in [0.15, 0.2) is 12.8 Å². The third kappa shape index (κ3) is 1.77. The zero-order valence-corrected chi connectivity index (χ0v) is 10.2. The standard InChI is InChI=1S/C13H21N/c1-9-8-14(7)12(10(9)2)11(3)13(4,5)6/h8H,3H2,1-2,4-7H3. The Morgan fingerprint density at radius 2 is 1.79 bits per heavy atom. The highest BCUT2D eigenvalue weighted by Crippen LogP contribution is 2.34. The van der Waals surface area contributed by atoms with E-state index >= 15 is 0 Å². The molecular weight excluding hydrogens is 170 g/mol. The van der Waals surface area contributed by atoms with E-state index in [4.69, 9.17) is 0 Å². The van der Waals surface area contributed by atoms with Crippen LogP contribution in [0.5, 0.6) is 0 Å². The Labute approximate surface area is 87.4 Å². The summed E-state index contributed by atoms with van der Waals surface area (Å²) in [5.41, 5.74) is 5.34. The van der Waals surface area contributed by atoms with Crippen LogP contribution in [-0.4, -0.2) is 4.57 Å². The Kier molecular flexibility index (Phi) is 2.62. The van der Waals surface area contributed by atoms with Gasteiger partial charge in [-0.05, 0) is 36.0 Å². The van der Waals surface area contributed by atoms with Gasteiger partial charge in [0, 0.05) is 18.9 Å². The molecule has 0 atom stereocenters. The molecular formula is C13H21N. The molecule has 14 heavy (non-hydrogen) atoms. The molecule has 0 aromatic carbocycles. The molecule has 1 aromatic heterocycles. The number of hydrogen-bond acceptors (Lipinski definition) is 0. The number of nitrogens with zero attached hydrogens (tertiary/aromatic N) is 1. The number of allylic oxidation sites excluding steroid dienone is 1. The molecule has 78 valence electrons. The largest absolute Gasteiger partial charge is 0.350 e. The van der Waals surface area contributed by atoms with Gasteiger partial charge in [0.25, 0.3) is 0 Å². The van der Waals surface area contributed by atoms with Gasteiger partial charge in [-0.2, -0.15) is 0 Å². The number of rotatable bonds is 1. The van der Waals surface area contributed by atoms with Crippen LogP contribution in [0.3, 0.4) is 0 Å². The molecule has 0 radical (unpaired) electrons. The van der Waals surface area contributed by atoms with Gasteiger partial charge in [-0.25, -0.2) is 0 Å². The summed E-state index contributed by atoms with van der Waals surface area (Å²) in [6.07, 6.45) is 2.17. The molecule has 0 N–H and O–H groups in total. The summed E-state index contributed by atoms with van der Waals surface area (Å²) in [6, 6.07) is 0. The van der Waals surface area contributed by atoms with E-state index in [1.54, 1.807) is 0 Å². The van der Waals surface area contributed by atoms with Crippen LogP contribution >= 0.6 is 0 Å². The topological polar surface area (TPSA) is 4.93 Å². The van der Waals surface area contributed by atoms with Crippen LogP contribution in [0.1, 0.15) is 37.6 Å². The Balaban J connectivity index is 3.27. The summed E-state index contributed by atoms with van der Waals surface area (Å²) >= 11 is 0. The fourth-order valence-electron chi connectivity index (χ4n) is 1.70. The van der Waals surface area contributed by atoms with Crippen molar-refractivity contribution in [1.82, 2.24) is 4.57 Å². The molecule has 0 spiro atoms. The molecule has 0 aliphatic rings. The van der Waals surface area contributed by atoms with Crippen LogP contribution in [-0.2, 0) is 7.05 Å². The van der Waals surface area contributed by atoms with E-state index in [0.29, 0.717) is 0 Å². The summed E-state index contributed by atoms with van der Waals surface area (Å²) in [7, 11) is 2.09. The highest BCUT2D eigenvalue weighted by molar-refractivity contribution is 5.68. The number of aryl methyl sites for hydroxylation is 2. The molecule has 1 aromatic rings. The van der Waals surface area contributed by atoms with Crippen molar-refractivity contribution in [3.8, 4) is 0 Å². The van der Waals surface area contributed by atoms with Gasteiger partial charge in [0.1, 0.15) is 0 Å². The van der Waals surface area contributed by atoms with Gasteiger partial charge in [0.05, 0.1) is 0 Å². The predicted molar refractivity (Wildman–Crippen MR) is 63.4 cm³/mol. The zero-order chi connectivity index (χ0) is 11.1. The zero-order valence-electron chi connectivity index (χ0n) is 10.2. The normalized spacial score (nSPS) is 11.9. The molecule has 1 nitrogen and oxygen atoms in total. The first-order valence-corrected chi connectivity index (χ1v) is 5.07. The van der Waals surface area contributed by atoms with Gasteiger partial charge in [-0.3, -0.25) is 0 Å². The van der Waals surface area contributed by atoms with E-state index in [2.05, 4.69) is 59.0 Å². The van der Waals surface area contributed by atoms with Gasteiger partial charge in [0.2, 0.25) is 0 Å². The predicted octanol–water partition coefficient (Wildman–Crippen LogP) is 3.70. The highest BCUT2D eigenvalue weighted by atomic mass is 14.9. The fourth-order valence-corrected chi connectivity index (χ4v) is 1.70. The van der Waals surface area contributed by atoms with Crippen LogP contribution < -0.4 is 0 Å². The van der Waals surface area contributed by atoms with Gasteiger partial charge in [0.15, 0.2) is 0 Å². The molecule has 1 heterocycles. The summed E-state index contributed by atoms with van der Waals surface area (Å²) in [5, 5.41) is 0. The van der Waals surface area contributed by atoms with Crippen molar-refractivity contribution in [2.24, 2.45) is 12.5 Å². The highest BCUT2D eigenvalue weighted by Gasteiger charge is 2.21. The van der Waals surface area contributed by atoms with Crippen LogP contribution in [0.4, 0.5) is 0 Å². The lowest BCUT2D eigenvalue weighted by Crippen LogP contribution is -2.10. The first-order valence-electron chi connectivity index (χ1n) is 5.07. The Morgan fingerprint density at radius 1 is 1.29 bits per heavy atom. The van der Waals surface area contributed by atoms with Gasteiger partial charge in [-0.15, -0.1) is 0 Å². The van der Waals surface area contributed by atoms with E-state index in [-0.39, 0.29) is 5.41 Å². The minimum atomic E-state index is 0.142. The van der Waals surface area contributed by atoms with Crippen molar-refractivity contribution < 1.29 is 0 Å². The van der Waals surface area contributed by atoms with Crippen LogP contribution in [0, 0.1) is 19.3 Å². The second kappa shape index (κ2) is 3.30. The van der Waals surface area contributed by atoms with Crippen molar-refractivity contribution in [2.75, 3.05) is 0 Å². The second-order valence-electron chi connectivity index (χ2n) is 5.13. The minimum Gasteiger partial charge on any atom is -0.350 e. The quantitative estimate of drug-likeness (QED) is 0.638. The average Bonchev–Trinajstić information content (AvgIpc) is 2.24. The Morgan fingerprint density at radius 3 is 2.07 bits per heavy atom. The van der Waals surface area contributed by atoms with E-state index in [1.807, 2.05) is 0 Å². The maximum atomic E-state index is 4.21. The number of aromatic nitrogens is 1. The molecule has 0 amide bonds. The monoisotopic (exact) mass is 191 g/mol. The maximum absolute atomic E-state index is 4.21. The lowest BCUT2D eigenvalue weighted by molar-refractivity contribution is 0.562. The average molecular weight is 191 g/mol. The van der Waals surface area contributed by atoms with E-state index < -0.39 is 0 Å². The van der Waals surface area contributed by atoms with Crippen molar-refractivity contribution in [2.45, 2.75) is 34.6 Å². The summed E-state index contributed by atoms with van der Waals surface area (Å²) in [5.74, 6) is 0. The maximum Gasteiger partial charge on any atom is 0.0468 e. The SMILES string of the molecule is C=C(c1c(C)c(C)cn1C)C(C)(C)C. The fraction of sp³-hybridized carbons (Fsp3) is 0.538. The lowest BCUT2D eigenvalue weighted by Gasteiger charge is -2.23. The second-order valence-corrected chi connectivity index (χ2v) is 5.13. The van der Waals surface area contributed by atoms with Crippen molar-refractivity contribution in [3.05, 3.63) is 29.6 Å². The van der Waals surface area contributed by atoms with Crippen LogP contribution in [0.25, 0.3) is 5.57 Å². The summed E-state index contributed by atoms with van der Waals surface area (Å²) in [6.45, 7) is 15.1. The first kappa shape index (κ1) is 11.1. The lowest BCUT2D eigenvalue weighted by atomic mass is 9.84. The Hall–Kier alpha value is -0.980. The molecule has 0 fully saturated rings. The van der Waals surface area contributed by atoms with Crippen molar-refractivity contribution in [3.63, 3.8) is 0 Å². The van der Waals surface area contributed by atoms with Crippen molar-refractivity contribution >= 4 is 5.57 Å². The van der Waals surface area contributed by atoms with E-state index in [1.165, 1.54) is 22.4 Å². The van der Waals surface area contributed by atoms with Gasteiger partial charge >= 0.3 is 0 Å². The molecule has 0 bridgehead atoms. The van der Waals surface area contributed by atoms with Crippen LogP contribution in [0.2, 0.25) is 0 Å². The molecule has 0 aliphatic carbocycles. The van der Waals surface area contributed by atoms with Gasteiger partial charge < -0.3 is 4.57 Å². The minimum absolute atomic E-state index is 0.142. The third-order valence-electron chi connectivity index (χ3n) is 2.88. The van der Waals surface area contributed by atoms with E-state index in [0.717, 1.165) is 0 Å². The Bertz CT molecular complexity index is 361. The molecule has 0 saturated heterocycles. The summed E-state index contributed by atoms with van der Waals surface area (Å²) < 4.78 is 2.18. The molecule has 1 rings (SSSR count). The van der Waals surface area contributed by atoms with E-state index in [9.17, 15) is 0 Å². The summed E-state index contributed by atoms with van der Waals surface area (Å²) in [4.78, 5) is 0. The third-order valence-corrected chi connectivity index (χ3v) is 2.88. The smallest absolute Gasteiger partial charge is 0.0468 e. The molecule has 0 saturated carbocycles. The molecule has 0 unspecified atom stereocenters. The first-order chi connectivity index (χ1) is 6.25. The van der Waals surface area contributed by atoms with Crippen molar-refractivity contribution in [1.29, 1.82) is 0 Å². The molecule has 1 heteroatoms.